The third-order valence-electron chi connectivity index (χ3n) is 2.54. The predicted octanol–water partition coefficient (Wildman–Crippen LogP) is 2.92. The fourth-order valence-electron chi connectivity index (χ4n) is 1.52. The van der Waals surface area contributed by atoms with Crippen LogP contribution in [0, 0.1) is 0 Å². The molecule has 0 atom stereocenters. The molecule has 0 fully saturated rings. The zero-order valence-corrected chi connectivity index (χ0v) is 13.4. The van der Waals surface area contributed by atoms with Gasteiger partial charge in [-0.3, -0.25) is 4.57 Å². The Bertz CT molecular complexity index is 699. The van der Waals surface area contributed by atoms with E-state index in [0.717, 1.165) is 21.8 Å². The zero-order valence-electron chi connectivity index (χ0n) is 10.2. The van der Waals surface area contributed by atoms with E-state index in [9.17, 15) is 17.2 Å². The van der Waals surface area contributed by atoms with Gasteiger partial charge >= 0.3 is 6.55 Å². The van der Waals surface area contributed by atoms with Gasteiger partial charge in [-0.2, -0.15) is 13.1 Å². The van der Waals surface area contributed by atoms with E-state index in [0.29, 0.717) is 8.35 Å². The van der Waals surface area contributed by atoms with E-state index < -0.39 is 16.6 Å². The molecular weight excluding hydrogens is 376 g/mol. The molecule has 2 aromatic heterocycles. The topological polar surface area (TPSA) is 55.2 Å². The molecule has 0 aromatic carbocycles. The summed E-state index contributed by atoms with van der Waals surface area (Å²) in [6.07, 6.45) is 2.33. The molecule has 10 heteroatoms. The summed E-state index contributed by atoms with van der Waals surface area (Å²) in [5.74, 6) is -0.0123. The molecule has 5 nitrogen and oxygen atoms in total. The van der Waals surface area contributed by atoms with Crippen LogP contribution in [0.2, 0.25) is 0 Å². The number of aromatic nitrogens is 2. The summed E-state index contributed by atoms with van der Waals surface area (Å²) < 4.78 is 52.3. The Morgan fingerprint density at radius 2 is 2.20 bits per heavy atom. The summed E-state index contributed by atoms with van der Waals surface area (Å²) in [6, 6.07) is 3.08. The molecule has 0 saturated heterocycles. The number of nitrogens with zero attached hydrogens (tertiary/aromatic N) is 3. The summed E-state index contributed by atoms with van der Waals surface area (Å²) in [5.41, 5.74) is 0. The first-order valence-corrected chi connectivity index (χ1v) is 8.39. The maximum absolute atomic E-state index is 12.7. The van der Waals surface area contributed by atoms with E-state index in [1.807, 2.05) is 0 Å². The first kappa shape index (κ1) is 15.5. The van der Waals surface area contributed by atoms with Gasteiger partial charge in [0.1, 0.15) is 10.0 Å². The summed E-state index contributed by atoms with van der Waals surface area (Å²) in [7, 11) is -2.39. The van der Waals surface area contributed by atoms with Gasteiger partial charge in [0.05, 0.1) is 10.3 Å². The molecule has 0 unspecified atom stereocenters. The van der Waals surface area contributed by atoms with Crippen LogP contribution in [0.4, 0.5) is 8.78 Å². The Hall–Kier alpha value is -0.840. The highest BCUT2D eigenvalue weighted by molar-refractivity contribution is 9.11. The summed E-state index contributed by atoms with van der Waals surface area (Å²) >= 11 is 4.24. The smallest absolute Gasteiger partial charge is 0.277 e. The third kappa shape index (κ3) is 3.08. The van der Waals surface area contributed by atoms with Crippen LogP contribution in [0.3, 0.4) is 0 Å². The molecule has 2 rings (SSSR count). The average molecular weight is 386 g/mol. The maximum Gasteiger partial charge on any atom is 0.319 e. The van der Waals surface area contributed by atoms with E-state index >= 15 is 0 Å². The second-order valence-corrected chi connectivity index (χ2v) is 8.58. The van der Waals surface area contributed by atoms with E-state index in [1.54, 1.807) is 6.07 Å². The third-order valence-corrected chi connectivity index (χ3v) is 6.43. The van der Waals surface area contributed by atoms with Gasteiger partial charge in [-0.25, -0.2) is 13.4 Å². The van der Waals surface area contributed by atoms with E-state index in [4.69, 9.17) is 0 Å². The van der Waals surface area contributed by atoms with Crippen molar-refractivity contribution in [3.05, 3.63) is 34.1 Å². The van der Waals surface area contributed by atoms with Crippen molar-refractivity contribution in [2.24, 2.45) is 0 Å². The Kier molecular flexibility index (Phi) is 4.57. The van der Waals surface area contributed by atoms with Crippen LogP contribution in [-0.2, 0) is 16.6 Å². The van der Waals surface area contributed by atoms with Crippen LogP contribution < -0.4 is 0 Å². The second kappa shape index (κ2) is 5.88. The highest BCUT2D eigenvalue weighted by Crippen LogP contribution is 2.28. The Morgan fingerprint density at radius 3 is 2.75 bits per heavy atom. The highest BCUT2D eigenvalue weighted by atomic mass is 79.9. The quantitative estimate of drug-likeness (QED) is 0.794. The molecular formula is C10H10BrF2N3O2S2. The molecule has 0 radical (unpaired) electrons. The normalized spacial score (nSPS) is 12.5. The summed E-state index contributed by atoms with van der Waals surface area (Å²) in [5, 5.41) is 0. The molecule has 0 aliphatic heterocycles. The molecule has 0 aliphatic carbocycles. The number of halogens is 3. The first-order chi connectivity index (χ1) is 9.32. The lowest BCUT2D eigenvalue weighted by molar-refractivity contribution is 0.0658. The monoisotopic (exact) mass is 385 g/mol. The molecule has 0 saturated carbocycles. The molecule has 110 valence electrons. The van der Waals surface area contributed by atoms with Crippen molar-refractivity contribution in [2.75, 3.05) is 7.05 Å². The minimum atomic E-state index is -3.71. The standard InChI is InChI=1S/C10H10BrF2N3O2S2/c1-15(6-8-14-4-5-16(8)10(12)13)20(17,18)9-3-2-7(11)19-9/h2-5,10H,6H2,1H3. The molecule has 2 heterocycles. The molecule has 0 N–H and O–H groups in total. The van der Waals surface area contributed by atoms with Crippen molar-refractivity contribution < 1.29 is 17.2 Å². The van der Waals surface area contributed by atoms with Gasteiger partial charge in [-0.15, -0.1) is 11.3 Å². The van der Waals surface area contributed by atoms with E-state index in [2.05, 4.69) is 20.9 Å². The van der Waals surface area contributed by atoms with Crippen LogP contribution in [0.25, 0.3) is 0 Å². The Morgan fingerprint density at radius 1 is 1.50 bits per heavy atom. The fourth-order valence-corrected chi connectivity index (χ4v) is 4.86. The number of alkyl halides is 2. The fraction of sp³-hybridized carbons (Fsp3) is 0.300. The molecule has 20 heavy (non-hydrogen) atoms. The van der Waals surface area contributed by atoms with Crippen molar-refractivity contribution in [3.8, 4) is 0 Å². The van der Waals surface area contributed by atoms with Crippen LogP contribution in [0.15, 0.2) is 32.5 Å². The maximum atomic E-state index is 12.7. The van der Waals surface area contributed by atoms with Gasteiger partial charge in [0.15, 0.2) is 0 Å². The van der Waals surface area contributed by atoms with Gasteiger partial charge in [-0.1, -0.05) is 0 Å². The number of sulfonamides is 1. The van der Waals surface area contributed by atoms with Crippen LogP contribution in [0.5, 0.6) is 0 Å². The van der Waals surface area contributed by atoms with E-state index in [1.165, 1.54) is 19.3 Å². The minimum Gasteiger partial charge on any atom is -0.277 e. The number of rotatable bonds is 5. The molecule has 2 aromatic rings. The molecule has 0 spiro atoms. The van der Waals surface area contributed by atoms with Gasteiger partial charge in [0, 0.05) is 19.4 Å². The van der Waals surface area contributed by atoms with Gasteiger partial charge in [-0.05, 0) is 28.1 Å². The largest absolute Gasteiger partial charge is 0.319 e. The van der Waals surface area contributed by atoms with Crippen LogP contribution >= 0.6 is 27.3 Å². The number of thiophene rings is 1. The van der Waals surface area contributed by atoms with Crippen LogP contribution in [-0.4, -0.2) is 29.3 Å². The molecule has 0 bridgehead atoms. The average Bonchev–Trinajstić information content (AvgIpc) is 2.97. The van der Waals surface area contributed by atoms with Gasteiger partial charge in [0.25, 0.3) is 10.0 Å². The Labute approximate surface area is 127 Å². The van der Waals surface area contributed by atoms with Crippen molar-refractivity contribution in [1.29, 1.82) is 0 Å². The van der Waals surface area contributed by atoms with Crippen molar-refractivity contribution in [2.45, 2.75) is 17.3 Å². The number of hydrogen-bond donors (Lipinski definition) is 0. The lowest BCUT2D eigenvalue weighted by Gasteiger charge is -2.16. The summed E-state index contributed by atoms with van der Waals surface area (Å²) in [4.78, 5) is 3.76. The first-order valence-electron chi connectivity index (χ1n) is 5.34. The van der Waals surface area contributed by atoms with Gasteiger partial charge in [0.2, 0.25) is 0 Å². The lowest BCUT2D eigenvalue weighted by Crippen LogP contribution is -2.27. The summed E-state index contributed by atoms with van der Waals surface area (Å²) in [6.45, 7) is -2.98. The van der Waals surface area contributed by atoms with Crippen LogP contribution in [0.1, 0.15) is 12.4 Å². The Balaban J connectivity index is 2.23. The molecule has 0 aliphatic rings. The second-order valence-electron chi connectivity index (χ2n) is 3.85. The van der Waals surface area contributed by atoms with E-state index in [-0.39, 0.29) is 16.6 Å². The minimum absolute atomic E-state index is 0.0123. The van der Waals surface area contributed by atoms with Crippen molar-refractivity contribution in [1.82, 2.24) is 13.9 Å². The number of hydrogen-bond acceptors (Lipinski definition) is 4. The zero-order chi connectivity index (χ0) is 14.9. The highest BCUT2D eigenvalue weighted by Gasteiger charge is 2.25. The SMILES string of the molecule is CN(Cc1nccn1C(F)F)S(=O)(=O)c1ccc(Br)s1. The number of imidazole rings is 1. The van der Waals surface area contributed by atoms with Crippen molar-refractivity contribution in [3.63, 3.8) is 0 Å². The lowest BCUT2D eigenvalue weighted by atomic mass is 10.6. The molecule has 0 amide bonds. The van der Waals surface area contributed by atoms with Crippen molar-refractivity contribution >= 4 is 37.3 Å². The predicted molar refractivity (Wildman–Crippen MR) is 74.2 cm³/mol. The van der Waals surface area contributed by atoms with Gasteiger partial charge < -0.3 is 0 Å².